The van der Waals surface area contributed by atoms with Crippen LogP contribution in [0.15, 0.2) is 47.1 Å². The second-order valence-corrected chi connectivity index (χ2v) is 4.52. The minimum absolute atomic E-state index is 0.122. The van der Waals surface area contributed by atoms with E-state index in [1.807, 2.05) is 30.3 Å². The minimum atomic E-state index is -0.172. The highest BCUT2D eigenvalue weighted by molar-refractivity contribution is 9.10. The van der Waals surface area contributed by atoms with Crippen LogP contribution in [0.4, 0.5) is 5.69 Å². The first kappa shape index (κ1) is 12.4. The van der Waals surface area contributed by atoms with Crippen molar-refractivity contribution in [3.63, 3.8) is 0 Å². The van der Waals surface area contributed by atoms with Crippen molar-refractivity contribution in [1.29, 1.82) is 5.26 Å². The Hall–Kier alpha value is -2.06. The Morgan fingerprint density at radius 1 is 1.33 bits per heavy atom. The number of aromatic nitrogens is 1. The van der Waals surface area contributed by atoms with E-state index < -0.39 is 0 Å². The van der Waals surface area contributed by atoms with Crippen molar-refractivity contribution < 1.29 is 4.79 Å². The zero-order valence-corrected chi connectivity index (χ0v) is 11.0. The smallest absolute Gasteiger partial charge is 0.244 e. The van der Waals surface area contributed by atoms with Crippen LogP contribution in [0.1, 0.15) is 5.69 Å². The first-order valence-corrected chi connectivity index (χ1v) is 6.09. The first-order chi connectivity index (χ1) is 8.70. The molecule has 1 amide bonds. The molecule has 0 radical (unpaired) electrons. The van der Waals surface area contributed by atoms with Gasteiger partial charge in [0.05, 0.1) is 5.69 Å². The molecular weight excluding hydrogens is 294 g/mol. The van der Waals surface area contributed by atoms with Crippen LogP contribution in [-0.2, 0) is 11.3 Å². The molecule has 0 saturated carbocycles. The summed E-state index contributed by atoms with van der Waals surface area (Å²) in [4.78, 5) is 11.8. The number of hydrogen-bond acceptors (Lipinski definition) is 2. The maximum atomic E-state index is 11.8. The third-order valence-corrected chi connectivity index (χ3v) is 3.10. The van der Waals surface area contributed by atoms with Crippen LogP contribution in [-0.4, -0.2) is 10.5 Å². The van der Waals surface area contributed by atoms with Gasteiger partial charge in [-0.05, 0) is 40.2 Å². The number of anilines is 1. The highest BCUT2D eigenvalue weighted by atomic mass is 79.9. The molecule has 0 unspecified atom stereocenters. The van der Waals surface area contributed by atoms with Crippen molar-refractivity contribution in [3.05, 3.63) is 52.8 Å². The zero-order valence-electron chi connectivity index (χ0n) is 9.43. The number of carbonyl (C=O) groups is 1. The first-order valence-electron chi connectivity index (χ1n) is 5.30. The molecule has 2 rings (SSSR count). The van der Waals surface area contributed by atoms with Crippen molar-refractivity contribution in [2.75, 3.05) is 5.32 Å². The Morgan fingerprint density at radius 3 is 2.83 bits per heavy atom. The Morgan fingerprint density at radius 2 is 2.11 bits per heavy atom. The van der Waals surface area contributed by atoms with Crippen molar-refractivity contribution in [2.45, 2.75) is 6.54 Å². The monoisotopic (exact) mass is 303 g/mol. The molecule has 1 aromatic heterocycles. The maximum Gasteiger partial charge on any atom is 0.244 e. The molecule has 0 bridgehead atoms. The Kier molecular flexibility index (Phi) is 3.80. The molecule has 1 N–H and O–H groups in total. The minimum Gasteiger partial charge on any atom is -0.330 e. The summed E-state index contributed by atoms with van der Waals surface area (Å²) < 4.78 is 2.43. The molecule has 90 valence electrons. The van der Waals surface area contributed by atoms with Gasteiger partial charge in [-0.1, -0.05) is 12.1 Å². The van der Waals surface area contributed by atoms with E-state index in [0.29, 0.717) is 11.4 Å². The average Bonchev–Trinajstić information content (AvgIpc) is 2.79. The molecule has 2 aromatic rings. The van der Waals surface area contributed by atoms with Gasteiger partial charge in [0.1, 0.15) is 18.3 Å². The van der Waals surface area contributed by atoms with Crippen molar-refractivity contribution in [3.8, 4) is 6.07 Å². The summed E-state index contributed by atoms with van der Waals surface area (Å²) in [6, 6.07) is 12.8. The van der Waals surface area contributed by atoms with E-state index in [9.17, 15) is 4.79 Å². The lowest BCUT2D eigenvalue weighted by Crippen LogP contribution is -2.19. The molecular formula is C13H10BrN3O. The molecule has 1 aromatic carbocycles. The van der Waals surface area contributed by atoms with E-state index >= 15 is 0 Å². The summed E-state index contributed by atoms with van der Waals surface area (Å²) in [6.07, 6.45) is 1.71. The molecule has 0 fully saturated rings. The van der Waals surface area contributed by atoms with Crippen LogP contribution in [0.3, 0.4) is 0 Å². The number of benzene rings is 1. The second-order valence-electron chi connectivity index (χ2n) is 3.66. The van der Waals surface area contributed by atoms with Gasteiger partial charge in [0.25, 0.3) is 0 Å². The Labute approximate surface area is 113 Å². The van der Waals surface area contributed by atoms with Gasteiger partial charge in [-0.15, -0.1) is 0 Å². The number of nitriles is 1. The predicted molar refractivity (Wildman–Crippen MR) is 71.9 cm³/mol. The standard InChI is InChI=1S/C13H10BrN3O/c14-11-5-1-2-6-12(11)16-13(18)9-17-7-3-4-10(17)8-15/h1-7H,9H2,(H,16,18). The number of carbonyl (C=O) groups excluding carboxylic acids is 1. The third kappa shape index (κ3) is 2.79. The fraction of sp³-hybridized carbons (Fsp3) is 0.0769. The van der Waals surface area contributed by atoms with Crippen LogP contribution in [0.25, 0.3) is 0 Å². The van der Waals surface area contributed by atoms with Crippen LogP contribution >= 0.6 is 15.9 Å². The summed E-state index contributed by atoms with van der Waals surface area (Å²) in [6.45, 7) is 0.122. The number of nitrogens with zero attached hydrogens (tertiary/aromatic N) is 2. The van der Waals surface area contributed by atoms with Crippen LogP contribution < -0.4 is 5.32 Å². The van der Waals surface area contributed by atoms with Crippen LogP contribution in [0.2, 0.25) is 0 Å². The second kappa shape index (κ2) is 5.52. The summed E-state index contributed by atoms with van der Waals surface area (Å²) in [7, 11) is 0. The Balaban J connectivity index is 2.06. The number of hydrogen-bond donors (Lipinski definition) is 1. The van der Waals surface area contributed by atoms with Crippen LogP contribution in [0, 0.1) is 11.3 Å². The van der Waals surface area contributed by atoms with Gasteiger partial charge in [0.15, 0.2) is 0 Å². The predicted octanol–water partition coefficient (Wildman–Crippen LogP) is 2.76. The zero-order chi connectivity index (χ0) is 13.0. The highest BCUT2D eigenvalue weighted by Gasteiger charge is 2.07. The molecule has 0 aliphatic carbocycles. The van der Waals surface area contributed by atoms with E-state index in [4.69, 9.17) is 5.26 Å². The fourth-order valence-electron chi connectivity index (χ4n) is 1.56. The topological polar surface area (TPSA) is 57.8 Å². The van der Waals surface area contributed by atoms with Gasteiger partial charge in [-0.3, -0.25) is 4.79 Å². The number of halogens is 1. The molecule has 0 saturated heterocycles. The number of rotatable bonds is 3. The molecule has 0 atom stereocenters. The van der Waals surface area contributed by atoms with E-state index in [2.05, 4.69) is 21.2 Å². The molecule has 18 heavy (non-hydrogen) atoms. The van der Waals surface area contributed by atoms with Gasteiger partial charge < -0.3 is 9.88 Å². The van der Waals surface area contributed by atoms with Crippen molar-refractivity contribution in [2.24, 2.45) is 0 Å². The molecule has 0 spiro atoms. The Bertz CT molecular complexity index is 607. The normalized spacial score (nSPS) is 9.78. The van der Waals surface area contributed by atoms with Crippen LogP contribution in [0.5, 0.6) is 0 Å². The van der Waals surface area contributed by atoms with Gasteiger partial charge >= 0.3 is 0 Å². The van der Waals surface area contributed by atoms with Gasteiger partial charge in [0.2, 0.25) is 5.91 Å². The van der Waals surface area contributed by atoms with E-state index in [0.717, 1.165) is 4.47 Å². The summed E-state index contributed by atoms with van der Waals surface area (Å²) in [5.74, 6) is -0.172. The quantitative estimate of drug-likeness (QED) is 0.948. The van der Waals surface area contributed by atoms with E-state index in [1.165, 1.54) is 0 Å². The molecule has 5 heteroatoms. The fourth-order valence-corrected chi connectivity index (χ4v) is 1.94. The van der Waals surface area contributed by atoms with Gasteiger partial charge in [-0.2, -0.15) is 5.26 Å². The lowest BCUT2D eigenvalue weighted by atomic mass is 10.3. The van der Waals surface area contributed by atoms with Crippen molar-refractivity contribution in [1.82, 2.24) is 4.57 Å². The summed E-state index contributed by atoms with van der Waals surface area (Å²) in [5, 5.41) is 11.6. The molecule has 4 nitrogen and oxygen atoms in total. The summed E-state index contributed by atoms with van der Waals surface area (Å²) >= 11 is 3.36. The van der Waals surface area contributed by atoms with E-state index in [-0.39, 0.29) is 12.5 Å². The molecule has 1 heterocycles. The summed E-state index contributed by atoms with van der Waals surface area (Å²) in [5.41, 5.74) is 1.19. The number of amides is 1. The SMILES string of the molecule is N#Cc1cccn1CC(=O)Nc1ccccc1Br. The average molecular weight is 304 g/mol. The number of para-hydroxylation sites is 1. The van der Waals surface area contributed by atoms with Gasteiger partial charge in [-0.25, -0.2) is 0 Å². The lowest BCUT2D eigenvalue weighted by Gasteiger charge is -2.08. The third-order valence-electron chi connectivity index (χ3n) is 2.41. The lowest BCUT2D eigenvalue weighted by molar-refractivity contribution is -0.116. The van der Waals surface area contributed by atoms with Crippen molar-refractivity contribution >= 4 is 27.5 Å². The largest absolute Gasteiger partial charge is 0.330 e. The number of nitrogens with one attached hydrogen (secondary N) is 1. The molecule has 0 aliphatic rings. The van der Waals surface area contributed by atoms with Gasteiger partial charge in [0, 0.05) is 10.7 Å². The molecule has 0 aliphatic heterocycles. The van der Waals surface area contributed by atoms with E-state index in [1.54, 1.807) is 22.9 Å². The maximum absolute atomic E-state index is 11.8. The highest BCUT2D eigenvalue weighted by Crippen LogP contribution is 2.21.